The van der Waals surface area contributed by atoms with Crippen LogP contribution in [0.2, 0.25) is 0 Å². The molecule has 0 saturated carbocycles. The van der Waals surface area contributed by atoms with E-state index in [2.05, 4.69) is 15.4 Å². The first-order chi connectivity index (χ1) is 6.95. The van der Waals surface area contributed by atoms with E-state index >= 15 is 0 Å². The Morgan fingerprint density at radius 3 is 3.36 bits per heavy atom. The van der Waals surface area contributed by atoms with E-state index in [9.17, 15) is 0 Å². The Morgan fingerprint density at radius 2 is 2.50 bits per heavy atom. The van der Waals surface area contributed by atoms with E-state index in [0.717, 1.165) is 38.5 Å². The SMILES string of the molecule is c1nc2n(n1)C(C1CCOC1)CCN2. The van der Waals surface area contributed by atoms with Crippen LogP contribution < -0.4 is 5.32 Å². The van der Waals surface area contributed by atoms with Crippen LogP contribution in [0.4, 0.5) is 5.95 Å². The van der Waals surface area contributed by atoms with Crippen LogP contribution >= 0.6 is 0 Å². The van der Waals surface area contributed by atoms with E-state index in [1.54, 1.807) is 6.33 Å². The number of hydrogen-bond acceptors (Lipinski definition) is 4. The third-order valence-electron chi connectivity index (χ3n) is 3.12. The van der Waals surface area contributed by atoms with Gasteiger partial charge in [-0.05, 0) is 12.8 Å². The molecule has 5 heteroatoms. The number of fused-ring (bicyclic) bond motifs is 1. The molecule has 0 bridgehead atoms. The number of anilines is 1. The van der Waals surface area contributed by atoms with Gasteiger partial charge in [-0.1, -0.05) is 0 Å². The second-order valence-corrected chi connectivity index (χ2v) is 3.93. The van der Waals surface area contributed by atoms with Gasteiger partial charge in [-0.25, -0.2) is 4.68 Å². The molecule has 1 saturated heterocycles. The molecule has 76 valence electrons. The normalized spacial score (nSPS) is 31.1. The van der Waals surface area contributed by atoms with Gasteiger partial charge in [-0.3, -0.25) is 0 Å². The van der Waals surface area contributed by atoms with Crippen molar-refractivity contribution < 1.29 is 4.74 Å². The number of aromatic nitrogens is 3. The molecule has 5 nitrogen and oxygen atoms in total. The minimum atomic E-state index is 0.483. The summed E-state index contributed by atoms with van der Waals surface area (Å²) in [6.45, 7) is 2.78. The lowest BCUT2D eigenvalue weighted by atomic mass is 9.95. The molecule has 0 radical (unpaired) electrons. The molecule has 2 aliphatic rings. The summed E-state index contributed by atoms with van der Waals surface area (Å²) in [5, 5.41) is 7.51. The fourth-order valence-corrected chi connectivity index (χ4v) is 2.37. The van der Waals surface area contributed by atoms with Crippen molar-refractivity contribution in [2.24, 2.45) is 5.92 Å². The Morgan fingerprint density at radius 1 is 1.50 bits per heavy atom. The largest absolute Gasteiger partial charge is 0.381 e. The van der Waals surface area contributed by atoms with Crippen molar-refractivity contribution in [1.82, 2.24) is 14.8 Å². The Kier molecular flexibility index (Phi) is 1.90. The maximum Gasteiger partial charge on any atom is 0.221 e. The van der Waals surface area contributed by atoms with Crippen molar-refractivity contribution in [2.45, 2.75) is 18.9 Å². The van der Waals surface area contributed by atoms with Crippen molar-refractivity contribution in [3.8, 4) is 0 Å². The molecule has 2 aliphatic heterocycles. The van der Waals surface area contributed by atoms with Crippen LogP contribution in [-0.4, -0.2) is 34.5 Å². The summed E-state index contributed by atoms with van der Waals surface area (Å²) < 4.78 is 7.44. The van der Waals surface area contributed by atoms with Crippen molar-refractivity contribution in [1.29, 1.82) is 0 Å². The molecule has 14 heavy (non-hydrogen) atoms. The first kappa shape index (κ1) is 8.23. The number of ether oxygens (including phenoxy) is 1. The van der Waals surface area contributed by atoms with Gasteiger partial charge >= 0.3 is 0 Å². The topological polar surface area (TPSA) is 52.0 Å². The highest BCUT2D eigenvalue weighted by molar-refractivity contribution is 5.26. The molecule has 0 amide bonds. The standard InChI is InChI=1S/C9H14N4O/c1-3-10-9-11-6-12-13(9)8(1)7-2-4-14-5-7/h6-8H,1-5H2,(H,10,11,12). The van der Waals surface area contributed by atoms with Crippen molar-refractivity contribution in [3.05, 3.63) is 6.33 Å². The van der Waals surface area contributed by atoms with Gasteiger partial charge in [0, 0.05) is 19.1 Å². The van der Waals surface area contributed by atoms with Crippen molar-refractivity contribution >= 4 is 5.95 Å². The van der Waals surface area contributed by atoms with Gasteiger partial charge in [0.2, 0.25) is 5.95 Å². The van der Waals surface area contributed by atoms with Crippen molar-refractivity contribution in [2.75, 3.05) is 25.1 Å². The van der Waals surface area contributed by atoms with Gasteiger partial charge in [-0.15, -0.1) is 0 Å². The van der Waals surface area contributed by atoms with Gasteiger partial charge in [0.1, 0.15) is 6.33 Å². The van der Waals surface area contributed by atoms with E-state index in [1.165, 1.54) is 0 Å². The van der Waals surface area contributed by atoms with Gasteiger partial charge in [0.05, 0.1) is 12.6 Å². The second-order valence-electron chi connectivity index (χ2n) is 3.93. The van der Waals surface area contributed by atoms with Gasteiger partial charge in [-0.2, -0.15) is 10.1 Å². The molecule has 0 spiro atoms. The highest BCUT2D eigenvalue weighted by Gasteiger charge is 2.31. The smallest absolute Gasteiger partial charge is 0.221 e. The third-order valence-corrected chi connectivity index (χ3v) is 3.12. The summed E-state index contributed by atoms with van der Waals surface area (Å²) in [6.07, 6.45) is 3.91. The molecular formula is C9H14N4O. The predicted octanol–water partition coefficient (Wildman–Crippen LogP) is 0.671. The second kappa shape index (κ2) is 3.24. The zero-order chi connectivity index (χ0) is 9.38. The van der Waals surface area contributed by atoms with Gasteiger partial charge < -0.3 is 10.1 Å². The van der Waals surface area contributed by atoms with E-state index in [4.69, 9.17) is 4.74 Å². The minimum absolute atomic E-state index is 0.483. The first-order valence-electron chi connectivity index (χ1n) is 5.16. The maximum atomic E-state index is 5.42. The third kappa shape index (κ3) is 1.19. The Hall–Kier alpha value is -1.10. The summed E-state index contributed by atoms with van der Waals surface area (Å²) in [5.41, 5.74) is 0. The molecule has 2 atom stereocenters. The van der Waals surface area contributed by atoms with Crippen molar-refractivity contribution in [3.63, 3.8) is 0 Å². The average molecular weight is 194 g/mol. The fourth-order valence-electron chi connectivity index (χ4n) is 2.37. The lowest BCUT2D eigenvalue weighted by Gasteiger charge is -2.28. The summed E-state index contributed by atoms with van der Waals surface area (Å²) in [5.74, 6) is 1.53. The lowest BCUT2D eigenvalue weighted by molar-refractivity contribution is 0.167. The molecule has 3 rings (SSSR count). The van der Waals surface area contributed by atoms with Crippen LogP contribution in [0.15, 0.2) is 6.33 Å². The number of nitrogens with one attached hydrogen (secondary N) is 1. The number of rotatable bonds is 1. The quantitative estimate of drug-likeness (QED) is 0.714. The van der Waals surface area contributed by atoms with Gasteiger partial charge in [0.15, 0.2) is 0 Å². The molecule has 1 fully saturated rings. The highest BCUT2D eigenvalue weighted by atomic mass is 16.5. The van der Waals surface area contributed by atoms with Gasteiger partial charge in [0.25, 0.3) is 0 Å². The summed E-state index contributed by atoms with van der Waals surface area (Å²) in [6, 6.07) is 0.483. The Balaban J connectivity index is 1.88. The maximum absolute atomic E-state index is 5.42. The Bertz CT molecular complexity index is 318. The fraction of sp³-hybridized carbons (Fsp3) is 0.778. The monoisotopic (exact) mass is 194 g/mol. The van der Waals surface area contributed by atoms with Crippen LogP contribution in [-0.2, 0) is 4.74 Å². The average Bonchev–Trinajstić information content (AvgIpc) is 2.88. The number of hydrogen-bond donors (Lipinski definition) is 1. The molecule has 1 aromatic heterocycles. The highest BCUT2D eigenvalue weighted by Crippen LogP contribution is 2.32. The van der Waals surface area contributed by atoms with Crippen LogP contribution in [0.3, 0.4) is 0 Å². The van der Waals surface area contributed by atoms with E-state index in [0.29, 0.717) is 12.0 Å². The Labute approximate surface area is 82.5 Å². The zero-order valence-electron chi connectivity index (χ0n) is 8.02. The summed E-state index contributed by atoms with van der Waals surface area (Å²) in [7, 11) is 0. The molecule has 1 aromatic rings. The number of nitrogens with zero attached hydrogens (tertiary/aromatic N) is 3. The van der Waals surface area contributed by atoms with Crippen LogP contribution in [0.5, 0.6) is 0 Å². The predicted molar refractivity (Wildman–Crippen MR) is 51.1 cm³/mol. The molecule has 0 aliphatic carbocycles. The summed E-state index contributed by atoms with van der Waals surface area (Å²) in [4.78, 5) is 4.18. The molecule has 1 N–H and O–H groups in total. The first-order valence-corrected chi connectivity index (χ1v) is 5.16. The molecule has 0 aromatic carbocycles. The van der Waals surface area contributed by atoms with Crippen LogP contribution in [0.1, 0.15) is 18.9 Å². The molecule has 3 heterocycles. The molecule has 2 unspecified atom stereocenters. The zero-order valence-corrected chi connectivity index (χ0v) is 8.02. The van der Waals surface area contributed by atoms with E-state index < -0.39 is 0 Å². The molecular weight excluding hydrogens is 180 g/mol. The van der Waals surface area contributed by atoms with E-state index in [-0.39, 0.29) is 0 Å². The lowest BCUT2D eigenvalue weighted by Crippen LogP contribution is -2.29. The van der Waals surface area contributed by atoms with E-state index in [1.807, 2.05) is 4.68 Å². The van der Waals surface area contributed by atoms with Crippen LogP contribution in [0, 0.1) is 5.92 Å². The van der Waals surface area contributed by atoms with Crippen LogP contribution in [0.25, 0.3) is 0 Å². The minimum Gasteiger partial charge on any atom is -0.381 e. The summed E-state index contributed by atoms with van der Waals surface area (Å²) >= 11 is 0.